The van der Waals surface area contributed by atoms with E-state index in [4.69, 9.17) is 0 Å². The van der Waals surface area contributed by atoms with Crippen LogP contribution in [0.4, 0.5) is 0 Å². The number of benzene rings is 1. The zero-order chi connectivity index (χ0) is 13.5. The average molecular weight is 272 g/mol. The van der Waals surface area contributed by atoms with Crippen molar-refractivity contribution < 1.29 is 0 Å². The maximum atomic E-state index is 4.35. The van der Waals surface area contributed by atoms with Crippen LogP contribution in [0, 0.1) is 0 Å². The number of nitrogens with one attached hydrogen (secondary N) is 1. The molecule has 0 aliphatic heterocycles. The van der Waals surface area contributed by atoms with E-state index in [0.29, 0.717) is 6.04 Å². The van der Waals surface area contributed by atoms with Gasteiger partial charge in [-0.05, 0) is 43.3 Å². The Morgan fingerprint density at radius 1 is 1.21 bits per heavy atom. The van der Waals surface area contributed by atoms with E-state index in [1.807, 2.05) is 30.1 Å². The second kappa shape index (κ2) is 7.31. The van der Waals surface area contributed by atoms with Crippen LogP contribution in [0.5, 0.6) is 0 Å². The first-order chi connectivity index (χ1) is 9.29. The summed E-state index contributed by atoms with van der Waals surface area (Å²) in [5, 5.41) is 3.44. The zero-order valence-electron chi connectivity index (χ0n) is 11.5. The van der Waals surface area contributed by atoms with E-state index in [2.05, 4.69) is 54.5 Å². The lowest BCUT2D eigenvalue weighted by molar-refractivity contribution is 0.597. The molecule has 2 aromatic rings. The average Bonchev–Trinajstić information content (AvgIpc) is 2.47. The van der Waals surface area contributed by atoms with Crippen molar-refractivity contribution in [1.82, 2.24) is 10.3 Å². The van der Waals surface area contributed by atoms with Gasteiger partial charge in [-0.3, -0.25) is 4.98 Å². The van der Waals surface area contributed by atoms with Crippen molar-refractivity contribution >= 4 is 11.8 Å². The van der Waals surface area contributed by atoms with Crippen molar-refractivity contribution in [2.75, 3.05) is 6.54 Å². The van der Waals surface area contributed by atoms with Gasteiger partial charge in [0.15, 0.2) is 0 Å². The lowest BCUT2D eigenvalue weighted by atomic mass is 10.1. The molecule has 2 rings (SSSR count). The van der Waals surface area contributed by atoms with Crippen LogP contribution in [-0.4, -0.2) is 11.5 Å². The lowest BCUT2D eigenvalue weighted by Crippen LogP contribution is -2.17. The van der Waals surface area contributed by atoms with Gasteiger partial charge in [-0.15, -0.1) is 11.8 Å². The molecule has 100 valence electrons. The second-order valence-electron chi connectivity index (χ2n) is 4.46. The number of thioether (sulfide) groups is 1. The molecule has 1 heterocycles. The van der Waals surface area contributed by atoms with Crippen molar-refractivity contribution in [3.63, 3.8) is 0 Å². The van der Waals surface area contributed by atoms with Gasteiger partial charge in [-0.2, -0.15) is 0 Å². The smallest absolute Gasteiger partial charge is 0.0506 e. The molecule has 0 radical (unpaired) electrons. The first-order valence-corrected chi connectivity index (χ1v) is 7.64. The number of rotatable bonds is 6. The van der Waals surface area contributed by atoms with Gasteiger partial charge in [0.1, 0.15) is 0 Å². The molecule has 1 aromatic heterocycles. The minimum atomic E-state index is 0.403. The molecule has 0 saturated carbocycles. The highest BCUT2D eigenvalue weighted by molar-refractivity contribution is 7.98. The Balaban J connectivity index is 1.99. The van der Waals surface area contributed by atoms with E-state index >= 15 is 0 Å². The lowest BCUT2D eigenvalue weighted by Gasteiger charge is -2.13. The van der Waals surface area contributed by atoms with Crippen LogP contribution in [0.25, 0.3) is 0 Å². The van der Waals surface area contributed by atoms with E-state index in [9.17, 15) is 0 Å². The van der Waals surface area contributed by atoms with Gasteiger partial charge in [-0.25, -0.2) is 0 Å². The summed E-state index contributed by atoms with van der Waals surface area (Å²) < 4.78 is 0. The van der Waals surface area contributed by atoms with E-state index in [1.165, 1.54) is 10.5 Å². The number of hydrogen-bond donors (Lipinski definition) is 1. The van der Waals surface area contributed by atoms with Crippen molar-refractivity contribution in [3.8, 4) is 0 Å². The quantitative estimate of drug-likeness (QED) is 0.803. The van der Waals surface area contributed by atoms with E-state index in [-0.39, 0.29) is 0 Å². The molecule has 19 heavy (non-hydrogen) atoms. The van der Waals surface area contributed by atoms with Crippen LogP contribution in [0.3, 0.4) is 0 Å². The molecule has 0 bridgehead atoms. The Labute approximate surface area is 119 Å². The van der Waals surface area contributed by atoms with Crippen LogP contribution in [0.15, 0.2) is 53.6 Å². The third-order valence-corrected chi connectivity index (χ3v) is 4.01. The first kappa shape index (κ1) is 14.1. The monoisotopic (exact) mass is 272 g/mol. The minimum absolute atomic E-state index is 0.403. The zero-order valence-corrected chi connectivity index (χ0v) is 12.3. The van der Waals surface area contributed by atoms with Crippen LogP contribution < -0.4 is 5.32 Å². The highest BCUT2D eigenvalue weighted by atomic mass is 32.2. The van der Waals surface area contributed by atoms with Gasteiger partial charge in [0.05, 0.1) is 5.69 Å². The molecule has 1 N–H and O–H groups in total. The first-order valence-electron chi connectivity index (χ1n) is 6.65. The number of aromatic nitrogens is 1. The van der Waals surface area contributed by atoms with Gasteiger partial charge in [0, 0.05) is 22.9 Å². The molecule has 0 aliphatic carbocycles. The van der Waals surface area contributed by atoms with Crippen LogP contribution >= 0.6 is 11.8 Å². The van der Waals surface area contributed by atoms with E-state index in [0.717, 1.165) is 18.0 Å². The molecular formula is C16H20N2S. The molecule has 2 nitrogen and oxygen atoms in total. The van der Waals surface area contributed by atoms with E-state index in [1.54, 1.807) is 0 Å². The topological polar surface area (TPSA) is 24.9 Å². The van der Waals surface area contributed by atoms with Gasteiger partial charge in [0.2, 0.25) is 0 Å². The molecule has 0 spiro atoms. The highest BCUT2D eigenvalue weighted by Crippen LogP contribution is 2.24. The molecule has 0 saturated heterocycles. The Morgan fingerprint density at radius 2 is 2.11 bits per heavy atom. The Morgan fingerprint density at radius 3 is 2.84 bits per heavy atom. The van der Waals surface area contributed by atoms with Crippen LogP contribution in [-0.2, 0) is 5.75 Å². The summed E-state index contributed by atoms with van der Waals surface area (Å²) in [6.45, 7) is 5.33. The third-order valence-electron chi connectivity index (χ3n) is 2.98. The summed E-state index contributed by atoms with van der Waals surface area (Å²) in [4.78, 5) is 5.65. The van der Waals surface area contributed by atoms with Gasteiger partial charge in [0.25, 0.3) is 0 Å². The largest absolute Gasteiger partial charge is 0.310 e. The third kappa shape index (κ3) is 4.37. The fourth-order valence-electron chi connectivity index (χ4n) is 1.94. The van der Waals surface area contributed by atoms with Gasteiger partial charge < -0.3 is 5.32 Å². The normalized spacial score (nSPS) is 12.3. The molecule has 1 atom stereocenters. The standard InChI is InChI=1S/C16H20N2S/c1-3-17-13(2)14-7-6-9-16(11-14)19-12-15-8-4-5-10-18-15/h4-11,13,17H,3,12H2,1-2H3. The predicted molar refractivity (Wildman–Crippen MR) is 82.3 cm³/mol. The van der Waals surface area contributed by atoms with Crippen molar-refractivity contribution in [3.05, 3.63) is 59.9 Å². The number of pyridine rings is 1. The molecule has 1 unspecified atom stereocenters. The Bertz CT molecular complexity index is 499. The summed E-state index contributed by atoms with van der Waals surface area (Å²) in [6.07, 6.45) is 1.85. The number of hydrogen-bond acceptors (Lipinski definition) is 3. The summed E-state index contributed by atoms with van der Waals surface area (Å²) in [6, 6.07) is 15.2. The Hall–Kier alpha value is -1.32. The summed E-state index contributed by atoms with van der Waals surface area (Å²) in [7, 11) is 0. The molecule has 0 aliphatic rings. The molecule has 0 amide bonds. The number of nitrogens with zero attached hydrogens (tertiary/aromatic N) is 1. The predicted octanol–water partition coefficient (Wildman–Crippen LogP) is 4.04. The van der Waals surface area contributed by atoms with E-state index < -0.39 is 0 Å². The fourth-order valence-corrected chi connectivity index (χ4v) is 2.82. The molecule has 1 aromatic carbocycles. The van der Waals surface area contributed by atoms with Gasteiger partial charge in [-0.1, -0.05) is 25.1 Å². The fraction of sp³-hybridized carbons (Fsp3) is 0.312. The summed E-state index contributed by atoms with van der Waals surface area (Å²) >= 11 is 1.83. The Kier molecular flexibility index (Phi) is 5.43. The van der Waals surface area contributed by atoms with Gasteiger partial charge >= 0.3 is 0 Å². The highest BCUT2D eigenvalue weighted by Gasteiger charge is 2.04. The van der Waals surface area contributed by atoms with Crippen molar-refractivity contribution in [2.45, 2.75) is 30.5 Å². The van der Waals surface area contributed by atoms with Crippen molar-refractivity contribution in [2.24, 2.45) is 0 Å². The molecular weight excluding hydrogens is 252 g/mol. The van der Waals surface area contributed by atoms with Crippen molar-refractivity contribution in [1.29, 1.82) is 0 Å². The summed E-state index contributed by atoms with van der Waals surface area (Å²) in [5.74, 6) is 0.917. The maximum absolute atomic E-state index is 4.35. The summed E-state index contributed by atoms with van der Waals surface area (Å²) in [5.41, 5.74) is 2.46. The van der Waals surface area contributed by atoms with Crippen LogP contribution in [0.2, 0.25) is 0 Å². The molecule has 3 heteroatoms. The second-order valence-corrected chi connectivity index (χ2v) is 5.51. The minimum Gasteiger partial charge on any atom is -0.310 e. The SMILES string of the molecule is CCNC(C)c1cccc(SCc2ccccn2)c1. The maximum Gasteiger partial charge on any atom is 0.0506 e. The molecule has 0 fully saturated rings. The van der Waals surface area contributed by atoms with Crippen LogP contribution in [0.1, 0.15) is 31.1 Å².